The Kier molecular flexibility index (Phi) is 5.91. The van der Waals surface area contributed by atoms with Crippen molar-refractivity contribution in [2.45, 2.75) is 85.2 Å². The van der Waals surface area contributed by atoms with Crippen LogP contribution in [0, 0.1) is 29.1 Å². The molecule has 1 aliphatic heterocycles. The zero-order valence-electron chi connectivity index (χ0n) is 20.8. The summed E-state index contributed by atoms with van der Waals surface area (Å²) in [5, 5.41) is 21.7. The summed E-state index contributed by atoms with van der Waals surface area (Å²) in [5.41, 5.74) is 1.39. The Balaban J connectivity index is 1.89. The molecule has 4 rings (SSSR count). The van der Waals surface area contributed by atoms with Crippen LogP contribution in [0.5, 0.6) is 17.2 Å². The Morgan fingerprint density at radius 2 is 1.73 bits per heavy atom. The molecule has 1 fully saturated rings. The lowest BCUT2D eigenvalue weighted by molar-refractivity contribution is -0.0253. The summed E-state index contributed by atoms with van der Waals surface area (Å²) in [4.78, 5) is 23.8. The van der Waals surface area contributed by atoms with E-state index in [1.165, 1.54) is 5.57 Å². The summed E-state index contributed by atoms with van der Waals surface area (Å²) in [7, 11) is 0. The van der Waals surface area contributed by atoms with Crippen LogP contribution in [0.4, 0.5) is 0 Å². The molecule has 1 saturated carbocycles. The number of aldehydes is 2. The molecule has 1 heterocycles. The van der Waals surface area contributed by atoms with E-state index in [-0.39, 0.29) is 39.9 Å². The van der Waals surface area contributed by atoms with Crippen molar-refractivity contribution in [3.05, 3.63) is 28.3 Å². The molecule has 5 nitrogen and oxygen atoms in total. The van der Waals surface area contributed by atoms with Crippen LogP contribution in [0.1, 0.15) is 106 Å². The van der Waals surface area contributed by atoms with Crippen molar-refractivity contribution in [1.29, 1.82) is 0 Å². The lowest BCUT2D eigenvalue weighted by Gasteiger charge is -2.49. The fourth-order valence-corrected chi connectivity index (χ4v) is 6.79. The topological polar surface area (TPSA) is 83.8 Å². The first-order chi connectivity index (χ1) is 15.5. The van der Waals surface area contributed by atoms with Gasteiger partial charge < -0.3 is 14.9 Å². The zero-order chi connectivity index (χ0) is 24.3. The molecule has 3 aliphatic rings. The average Bonchev–Trinajstić information content (AvgIpc) is 3.24. The van der Waals surface area contributed by atoms with Crippen molar-refractivity contribution in [3.8, 4) is 17.2 Å². The summed E-state index contributed by atoms with van der Waals surface area (Å²) in [6, 6.07) is 0. The lowest BCUT2D eigenvalue weighted by Crippen LogP contribution is -2.48. The van der Waals surface area contributed by atoms with Gasteiger partial charge in [0.2, 0.25) is 0 Å². The normalized spacial score (nSPS) is 34.1. The second-order valence-corrected chi connectivity index (χ2v) is 11.8. The molecule has 1 unspecified atom stereocenters. The predicted molar refractivity (Wildman–Crippen MR) is 128 cm³/mol. The molecule has 0 spiro atoms. The fraction of sp³-hybridized carbons (Fsp3) is 0.643. The van der Waals surface area contributed by atoms with Gasteiger partial charge in [-0.2, -0.15) is 0 Å². The average molecular weight is 455 g/mol. The fourth-order valence-electron chi connectivity index (χ4n) is 6.79. The van der Waals surface area contributed by atoms with Gasteiger partial charge in [-0.25, -0.2) is 0 Å². The summed E-state index contributed by atoms with van der Waals surface area (Å²) >= 11 is 0. The Morgan fingerprint density at radius 3 is 2.33 bits per heavy atom. The van der Waals surface area contributed by atoms with Crippen molar-refractivity contribution < 1.29 is 24.5 Å². The van der Waals surface area contributed by atoms with E-state index < -0.39 is 11.4 Å². The monoisotopic (exact) mass is 454 g/mol. The second kappa shape index (κ2) is 8.18. The van der Waals surface area contributed by atoms with Crippen LogP contribution < -0.4 is 4.74 Å². The summed E-state index contributed by atoms with van der Waals surface area (Å²) in [6.45, 7) is 13.3. The molecular formula is C28H38O5. The van der Waals surface area contributed by atoms with E-state index in [4.69, 9.17) is 4.74 Å². The minimum Gasteiger partial charge on any atom is -0.507 e. The van der Waals surface area contributed by atoms with Crippen molar-refractivity contribution >= 4 is 12.6 Å². The maximum atomic E-state index is 12.0. The van der Waals surface area contributed by atoms with Crippen LogP contribution in [-0.4, -0.2) is 28.4 Å². The van der Waals surface area contributed by atoms with Crippen LogP contribution in [0.25, 0.3) is 0 Å². The number of ether oxygens (including phenoxy) is 1. The van der Waals surface area contributed by atoms with Crippen molar-refractivity contribution in [3.63, 3.8) is 0 Å². The van der Waals surface area contributed by atoms with Crippen LogP contribution in [0.15, 0.2) is 11.6 Å². The van der Waals surface area contributed by atoms with Gasteiger partial charge in [-0.05, 0) is 75.0 Å². The highest BCUT2D eigenvalue weighted by molar-refractivity contribution is 5.95. The highest BCUT2D eigenvalue weighted by Crippen LogP contribution is 2.64. The molecule has 0 aromatic heterocycles. The first kappa shape index (κ1) is 23.8. The number of allylic oxidation sites excluding steroid dienone is 2. The maximum absolute atomic E-state index is 12.0. The Morgan fingerprint density at radius 1 is 1.06 bits per heavy atom. The molecule has 5 heteroatoms. The van der Waals surface area contributed by atoms with Gasteiger partial charge in [0.25, 0.3) is 0 Å². The second-order valence-electron chi connectivity index (χ2n) is 11.8. The van der Waals surface area contributed by atoms with Gasteiger partial charge in [-0.1, -0.05) is 39.3 Å². The number of rotatable bonds is 4. The number of phenolic OH excluding ortho intramolecular Hbond substituents is 2. The zero-order valence-corrected chi connectivity index (χ0v) is 20.8. The van der Waals surface area contributed by atoms with Gasteiger partial charge in [-0.3, -0.25) is 9.59 Å². The third-order valence-electron chi connectivity index (χ3n) is 8.85. The van der Waals surface area contributed by atoms with Crippen molar-refractivity contribution in [2.75, 3.05) is 0 Å². The van der Waals surface area contributed by atoms with Gasteiger partial charge in [0.05, 0.1) is 11.1 Å². The highest BCUT2D eigenvalue weighted by atomic mass is 16.5. The molecular weight excluding hydrogens is 416 g/mol. The molecule has 33 heavy (non-hydrogen) atoms. The molecule has 1 aromatic carbocycles. The number of carbonyl (C=O) groups is 2. The van der Waals surface area contributed by atoms with E-state index in [0.29, 0.717) is 35.9 Å². The third kappa shape index (κ3) is 3.77. The van der Waals surface area contributed by atoms with E-state index in [2.05, 4.69) is 47.6 Å². The van der Waals surface area contributed by atoms with Gasteiger partial charge in [-0.15, -0.1) is 0 Å². The van der Waals surface area contributed by atoms with Gasteiger partial charge >= 0.3 is 0 Å². The molecule has 180 valence electrons. The Hall–Kier alpha value is -2.30. The first-order valence-electron chi connectivity index (χ1n) is 12.3. The smallest absolute Gasteiger partial charge is 0.157 e. The van der Waals surface area contributed by atoms with E-state index >= 15 is 0 Å². The predicted octanol–water partition coefficient (Wildman–Crippen LogP) is 6.41. The Bertz CT molecular complexity index is 1000. The van der Waals surface area contributed by atoms with Crippen LogP contribution >= 0.6 is 0 Å². The quantitative estimate of drug-likeness (QED) is 0.405. The Labute approximate surface area is 197 Å². The number of phenols is 2. The van der Waals surface area contributed by atoms with E-state index in [1.807, 2.05) is 0 Å². The highest BCUT2D eigenvalue weighted by Gasteiger charge is 2.57. The summed E-state index contributed by atoms with van der Waals surface area (Å²) < 4.78 is 6.63. The first-order valence-corrected chi connectivity index (χ1v) is 12.3. The number of aromatic hydroxyl groups is 2. The van der Waals surface area contributed by atoms with Gasteiger partial charge in [0, 0.05) is 11.5 Å². The van der Waals surface area contributed by atoms with Crippen LogP contribution in [0.2, 0.25) is 0 Å². The van der Waals surface area contributed by atoms with Gasteiger partial charge in [0.15, 0.2) is 12.6 Å². The van der Waals surface area contributed by atoms with Crippen molar-refractivity contribution in [1.82, 2.24) is 0 Å². The standard InChI is InChI=1S/C28H38O5/c1-15(2)11-17-20-8-7-16(3)12-22-21(27(22,4)5)9-10-28(20,6)33-26-19(14-30)24(31)18(13-29)25(32)23(17)26/h12-15,17,20-22,31-32H,7-11H2,1-6H3/b16-12-/t17-,20?,21+,22-,28-/m0/s1. The minimum absolute atomic E-state index is 0.0314. The van der Waals surface area contributed by atoms with Crippen LogP contribution in [0.3, 0.4) is 0 Å². The largest absolute Gasteiger partial charge is 0.507 e. The van der Waals surface area contributed by atoms with E-state index in [9.17, 15) is 19.8 Å². The minimum atomic E-state index is -0.535. The van der Waals surface area contributed by atoms with Crippen molar-refractivity contribution in [2.24, 2.45) is 29.1 Å². The van der Waals surface area contributed by atoms with E-state index in [1.54, 1.807) is 0 Å². The molecule has 0 amide bonds. The molecule has 0 saturated heterocycles. The molecule has 2 N–H and O–H groups in total. The van der Waals surface area contributed by atoms with Crippen LogP contribution in [-0.2, 0) is 0 Å². The number of carbonyl (C=O) groups excluding carboxylic acids is 2. The lowest BCUT2D eigenvalue weighted by atomic mass is 9.65. The molecule has 2 aliphatic carbocycles. The molecule has 5 atom stereocenters. The number of fused-ring (bicyclic) bond motifs is 3. The molecule has 1 aromatic rings. The number of hydrogen-bond donors (Lipinski definition) is 2. The van der Waals surface area contributed by atoms with Gasteiger partial charge in [0.1, 0.15) is 22.8 Å². The molecule has 0 bridgehead atoms. The number of benzene rings is 1. The molecule has 0 radical (unpaired) electrons. The van der Waals surface area contributed by atoms with E-state index in [0.717, 1.165) is 32.1 Å². The number of hydrogen-bond acceptors (Lipinski definition) is 5. The summed E-state index contributed by atoms with van der Waals surface area (Å²) in [6.07, 6.45) is 7.96. The summed E-state index contributed by atoms with van der Waals surface area (Å²) in [5.74, 6) is 1.08. The maximum Gasteiger partial charge on any atom is 0.157 e. The third-order valence-corrected chi connectivity index (χ3v) is 8.85. The SMILES string of the molecule is C/C1=C/[C@H]2[C@@H](CC[C@]3(C)Oc4c(C=O)c(O)c(C=O)c(O)c4[C@@H](CC(C)C)C3CC1)C2(C)C.